The number of anilines is 2. The Balaban J connectivity index is 1.36. The molecule has 154 valence electrons. The Bertz CT molecular complexity index is 1120. The minimum absolute atomic E-state index is 0.0465. The Morgan fingerprint density at radius 3 is 2.83 bits per heavy atom. The van der Waals surface area contributed by atoms with Gasteiger partial charge in [0.05, 0.1) is 12.1 Å². The number of fused-ring (bicyclic) bond motifs is 1. The molecule has 5 rings (SSSR count). The summed E-state index contributed by atoms with van der Waals surface area (Å²) in [6, 6.07) is 10.4. The third-order valence-corrected chi connectivity index (χ3v) is 7.45. The van der Waals surface area contributed by atoms with E-state index in [0.717, 1.165) is 46.0 Å². The summed E-state index contributed by atoms with van der Waals surface area (Å²) >= 11 is 3.08. The monoisotopic (exact) mass is 437 g/mol. The maximum atomic E-state index is 12.7. The molecule has 0 radical (unpaired) electrons. The molecule has 0 unspecified atom stereocenters. The number of nitrogens with one attached hydrogen (secondary N) is 1. The van der Waals surface area contributed by atoms with Crippen LogP contribution in [0.5, 0.6) is 0 Å². The van der Waals surface area contributed by atoms with Gasteiger partial charge in [0.15, 0.2) is 5.13 Å². The van der Waals surface area contributed by atoms with Gasteiger partial charge in [-0.3, -0.25) is 9.59 Å². The minimum Gasteiger partial charge on any atom is -0.309 e. The molecule has 2 amide bonds. The quantitative estimate of drug-likeness (QED) is 0.608. The molecule has 7 heteroatoms. The highest BCUT2D eigenvalue weighted by Gasteiger charge is 2.39. The summed E-state index contributed by atoms with van der Waals surface area (Å²) in [5.74, 6) is 0.448. The van der Waals surface area contributed by atoms with E-state index >= 15 is 0 Å². The number of aromatic nitrogens is 1. The van der Waals surface area contributed by atoms with Crippen molar-refractivity contribution in [1.82, 2.24) is 4.98 Å². The number of nitrogens with zero attached hydrogens (tertiary/aromatic N) is 2. The maximum absolute atomic E-state index is 12.7. The van der Waals surface area contributed by atoms with Crippen molar-refractivity contribution in [2.24, 2.45) is 5.92 Å². The van der Waals surface area contributed by atoms with Gasteiger partial charge in [-0.2, -0.15) is 0 Å². The molecule has 0 spiro atoms. The van der Waals surface area contributed by atoms with Crippen molar-refractivity contribution in [3.05, 3.63) is 51.0 Å². The summed E-state index contributed by atoms with van der Waals surface area (Å²) in [6.45, 7) is 4.15. The van der Waals surface area contributed by atoms with Gasteiger partial charge in [-0.25, -0.2) is 4.98 Å². The smallest absolute Gasteiger partial charge is 0.231 e. The first kappa shape index (κ1) is 19.5. The normalized spacial score (nSPS) is 17.8. The predicted molar refractivity (Wildman–Crippen MR) is 122 cm³/mol. The van der Waals surface area contributed by atoms with E-state index in [-0.39, 0.29) is 23.8 Å². The minimum atomic E-state index is -0.0465. The van der Waals surface area contributed by atoms with Crippen LogP contribution in [-0.4, -0.2) is 22.8 Å². The van der Waals surface area contributed by atoms with Crippen LogP contribution in [0.3, 0.4) is 0 Å². The number of rotatable bonds is 5. The Morgan fingerprint density at radius 2 is 2.10 bits per heavy atom. The standard InChI is InChI=1S/C23H23N3O2S2/c1-13-10-17-11-16(7-8-19(17)26(13)22(28)15-5-6-15)21-14(2)30-23(25-21)24-20(27)12-18-4-3-9-29-18/h3-4,7-9,11,13,15H,5-6,10,12H2,1-2H3,(H,24,25,27)/t13-/m0/s1. The number of aryl methyl sites for hydroxylation is 1. The van der Waals surface area contributed by atoms with Crippen molar-refractivity contribution >= 4 is 45.3 Å². The van der Waals surface area contributed by atoms with Crippen molar-refractivity contribution in [3.63, 3.8) is 0 Å². The van der Waals surface area contributed by atoms with E-state index in [4.69, 9.17) is 4.98 Å². The van der Waals surface area contributed by atoms with Gasteiger partial charge in [0.25, 0.3) is 0 Å². The molecule has 1 aromatic carbocycles. The molecule has 3 heterocycles. The molecule has 1 atom stereocenters. The first-order chi connectivity index (χ1) is 14.5. The summed E-state index contributed by atoms with van der Waals surface area (Å²) in [7, 11) is 0. The predicted octanol–water partition coefficient (Wildman–Crippen LogP) is 5.05. The number of hydrogen-bond acceptors (Lipinski definition) is 5. The Kier molecular flexibility index (Phi) is 4.95. The molecule has 2 aliphatic rings. The number of thiazole rings is 1. The van der Waals surface area contributed by atoms with Crippen LogP contribution in [0.1, 0.15) is 35.1 Å². The van der Waals surface area contributed by atoms with E-state index in [2.05, 4.69) is 24.4 Å². The van der Waals surface area contributed by atoms with Crippen molar-refractivity contribution in [3.8, 4) is 11.3 Å². The Hall–Kier alpha value is -2.51. The van der Waals surface area contributed by atoms with Gasteiger partial charge in [-0.15, -0.1) is 22.7 Å². The van der Waals surface area contributed by atoms with Crippen LogP contribution in [0.4, 0.5) is 10.8 Å². The molecule has 2 aromatic heterocycles. The van der Waals surface area contributed by atoms with Crippen LogP contribution in [0.15, 0.2) is 35.7 Å². The van der Waals surface area contributed by atoms with E-state index < -0.39 is 0 Å². The van der Waals surface area contributed by atoms with Crippen molar-refractivity contribution in [2.75, 3.05) is 10.2 Å². The SMILES string of the molecule is Cc1sc(NC(=O)Cc2cccs2)nc1-c1ccc2c(c1)C[C@H](C)N2C(=O)C1CC1. The molecule has 3 aromatic rings. The summed E-state index contributed by atoms with van der Waals surface area (Å²) < 4.78 is 0. The molecule has 30 heavy (non-hydrogen) atoms. The number of carbonyl (C=O) groups is 2. The second kappa shape index (κ2) is 7.63. The van der Waals surface area contributed by atoms with E-state index in [1.165, 1.54) is 16.9 Å². The zero-order chi connectivity index (χ0) is 20.8. The Morgan fingerprint density at radius 1 is 1.27 bits per heavy atom. The molecule has 1 aliphatic carbocycles. The fraction of sp³-hybridized carbons (Fsp3) is 0.348. The van der Waals surface area contributed by atoms with Gasteiger partial charge in [0, 0.05) is 33.0 Å². The first-order valence-corrected chi connectivity index (χ1v) is 11.9. The molecular formula is C23H23N3O2S2. The van der Waals surface area contributed by atoms with Crippen LogP contribution in [-0.2, 0) is 22.4 Å². The van der Waals surface area contributed by atoms with Gasteiger partial charge in [0.1, 0.15) is 0 Å². The Labute approximate surface area is 183 Å². The fourth-order valence-electron chi connectivity index (χ4n) is 4.09. The van der Waals surface area contributed by atoms with Gasteiger partial charge in [0.2, 0.25) is 11.8 Å². The van der Waals surface area contributed by atoms with Crippen molar-refractivity contribution in [2.45, 2.75) is 45.6 Å². The third-order valence-electron chi connectivity index (χ3n) is 5.69. The molecule has 5 nitrogen and oxygen atoms in total. The van der Waals surface area contributed by atoms with E-state index in [1.54, 1.807) is 11.3 Å². The third kappa shape index (κ3) is 3.68. The van der Waals surface area contributed by atoms with Crippen LogP contribution in [0.2, 0.25) is 0 Å². The lowest BCUT2D eigenvalue weighted by atomic mass is 10.0. The van der Waals surface area contributed by atoms with Crippen molar-refractivity contribution < 1.29 is 9.59 Å². The second-order valence-corrected chi connectivity index (χ2v) is 10.3. The lowest BCUT2D eigenvalue weighted by molar-refractivity contribution is -0.120. The average Bonchev–Trinajstić information content (AvgIpc) is 3.17. The van der Waals surface area contributed by atoms with Gasteiger partial charge in [-0.05, 0) is 62.3 Å². The number of hydrogen-bond donors (Lipinski definition) is 1. The average molecular weight is 438 g/mol. The lowest BCUT2D eigenvalue weighted by Crippen LogP contribution is -2.36. The number of carbonyl (C=O) groups excluding carboxylic acids is 2. The summed E-state index contributed by atoms with van der Waals surface area (Å²) in [6.07, 6.45) is 3.28. The molecule has 1 saturated carbocycles. The first-order valence-electron chi connectivity index (χ1n) is 10.3. The molecule has 1 fully saturated rings. The highest BCUT2D eigenvalue weighted by atomic mass is 32.1. The second-order valence-electron chi connectivity index (χ2n) is 8.11. The highest BCUT2D eigenvalue weighted by molar-refractivity contribution is 7.16. The highest BCUT2D eigenvalue weighted by Crippen LogP contribution is 2.41. The van der Waals surface area contributed by atoms with Gasteiger partial charge < -0.3 is 10.2 Å². The topological polar surface area (TPSA) is 62.3 Å². The number of thiophene rings is 1. The molecule has 1 N–H and O–H groups in total. The fourth-order valence-corrected chi connectivity index (χ4v) is 5.65. The van der Waals surface area contributed by atoms with Gasteiger partial charge in [-0.1, -0.05) is 12.1 Å². The zero-order valence-corrected chi connectivity index (χ0v) is 18.6. The molecule has 1 aliphatic heterocycles. The lowest BCUT2D eigenvalue weighted by Gasteiger charge is -2.22. The number of amides is 2. The van der Waals surface area contributed by atoms with Crippen LogP contribution >= 0.6 is 22.7 Å². The van der Waals surface area contributed by atoms with E-state index in [0.29, 0.717) is 11.6 Å². The van der Waals surface area contributed by atoms with Crippen LogP contribution in [0.25, 0.3) is 11.3 Å². The van der Waals surface area contributed by atoms with E-state index in [1.807, 2.05) is 35.4 Å². The molecule has 0 saturated heterocycles. The van der Waals surface area contributed by atoms with Crippen LogP contribution < -0.4 is 10.2 Å². The summed E-state index contributed by atoms with van der Waals surface area (Å²) in [5, 5.41) is 5.54. The van der Waals surface area contributed by atoms with Gasteiger partial charge >= 0.3 is 0 Å². The number of benzene rings is 1. The largest absolute Gasteiger partial charge is 0.309 e. The summed E-state index contributed by atoms with van der Waals surface area (Å²) in [5.41, 5.74) is 4.17. The maximum Gasteiger partial charge on any atom is 0.231 e. The van der Waals surface area contributed by atoms with Crippen molar-refractivity contribution in [1.29, 1.82) is 0 Å². The molecule has 0 bridgehead atoms. The zero-order valence-electron chi connectivity index (χ0n) is 17.0. The summed E-state index contributed by atoms with van der Waals surface area (Å²) in [4.78, 5) is 33.8. The molecular weight excluding hydrogens is 414 g/mol. The van der Waals surface area contributed by atoms with E-state index in [9.17, 15) is 9.59 Å². The van der Waals surface area contributed by atoms with Crippen LogP contribution in [0, 0.1) is 12.8 Å².